The van der Waals surface area contributed by atoms with Crippen molar-refractivity contribution in [2.45, 2.75) is 20.4 Å². The molecule has 0 saturated heterocycles. The molecule has 0 aromatic heterocycles. The number of nitrogens with one attached hydrogen (secondary N) is 1. The van der Waals surface area contributed by atoms with Gasteiger partial charge in [-0.15, -0.1) is 0 Å². The molecule has 0 spiro atoms. The zero-order valence-electron chi connectivity index (χ0n) is 12.8. The van der Waals surface area contributed by atoms with Gasteiger partial charge in [-0.25, -0.2) is 4.79 Å². The van der Waals surface area contributed by atoms with Gasteiger partial charge in [-0.1, -0.05) is 22.0 Å². The summed E-state index contributed by atoms with van der Waals surface area (Å²) in [4.78, 5) is 11.1. The quantitative estimate of drug-likeness (QED) is 0.643. The molecular formula is C17H17Br2NO3. The van der Waals surface area contributed by atoms with E-state index < -0.39 is 5.97 Å². The van der Waals surface area contributed by atoms with Crippen LogP contribution in [0.3, 0.4) is 0 Å². The van der Waals surface area contributed by atoms with Crippen molar-refractivity contribution in [2.75, 3.05) is 11.9 Å². The average molecular weight is 443 g/mol. The first-order valence-electron chi connectivity index (χ1n) is 7.11. The molecule has 2 aromatic rings. The molecule has 122 valence electrons. The number of benzene rings is 2. The molecule has 0 aliphatic heterocycles. The highest BCUT2D eigenvalue weighted by Gasteiger charge is 2.11. The number of rotatable bonds is 6. The molecule has 0 bridgehead atoms. The predicted molar refractivity (Wildman–Crippen MR) is 98.5 cm³/mol. The van der Waals surface area contributed by atoms with E-state index in [0.29, 0.717) is 13.2 Å². The highest BCUT2D eigenvalue weighted by atomic mass is 79.9. The summed E-state index contributed by atoms with van der Waals surface area (Å²) in [5.41, 5.74) is 3.03. The molecule has 2 rings (SSSR count). The number of carbonyl (C=O) groups is 1. The van der Waals surface area contributed by atoms with E-state index in [1.54, 1.807) is 18.2 Å². The Balaban J connectivity index is 2.27. The minimum Gasteiger partial charge on any atom is -0.492 e. The van der Waals surface area contributed by atoms with Gasteiger partial charge in [0, 0.05) is 22.3 Å². The maximum Gasteiger partial charge on any atom is 0.335 e. The van der Waals surface area contributed by atoms with Crippen molar-refractivity contribution < 1.29 is 14.6 Å². The molecule has 0 aliphatic rings. The third-order valence-electron chi connectivity index (χ3n) is 3.33. The van der Waals surface area contributed by atoms with Crippen LogP contribution in [-0.2, 0) is 6.54 Å². The van der Waals surface area contributed by atoms with Crippen LogP contribution in [0.25, 0.3) is 0 Å². The molecule has 0 heterocycles. The summed E-state index contributed by atoms with van der Waals surface area (Å²) in [7, 11) is 0. The fraction of sp³-hybridized carbons (Fsp3) is 0.235. The van der Waals surface area contributed by atoms with Crippen LogP contribution >= 0.6 is 31.9 Å². The lowest BCUT2D eigenvalue weighted by molar-refractivity contribution is 0.0697. The Kier molecular flexibility index (Phi) is 6.07. The fourth-order valence-electron chi connectivity index (χ4n) is 2.19. The zero-order chi connectivity index (χ0) is 17.0. The number of halogens is 2. The van der Waals surface area contributed by atoms with Crippen LogP contribution in [0, 0.1) is 6.92 Å². The lowest BCUT2D eigenvalue weighted by Crippen LogP contribution is -2.06. The second-order valence-corrected chi connectivity index (χ2v) is 6.77. The highest BCUT2D eigenvalue weighted by molar-refractivity contribution is 9.11. The fourth-order valence-corrected chi connectivity index (χ4v) is 3.62. The van der Waals surface area contributed by atoms with E-state index in [9.17, 15) is 4.79 Å². The van der Waals surface area contributed by atoms with Gasteiger partial charge in [-0.05, 0) is 59.6 Å². The minimum atomic E-state index is -0.937. The smallest absolute Gasteiger partial charge is 0.335 e. The van der Waals surface area contributed by atoms with Crippen LogP contribution in [0.4, 0.5) is 5.69 Å². The lowest BCUT2D eigenvalue weighted by atomic mass is 10.1. The van der Waals surface area contributed by atoms with Gasteiger partial charge in [0.05, 0.1) is 16.6 Å². The van der Waals surface area contributed by atoms with Crippen molar-refractivity contribution in [1.82, 2.24) is 0 Å². The van der Waals surface area contributed by atoms with E-state index in [1.165, 1.54) is 0 Å². The molecule has 0 unspecified atom stereocenters. The molecule has 23 heavy (non-hydrogen) atoms. The summed E-state index contributed by atoms with van der Waals surface area (Å²) >= 11 is 6.99. The van der Waals surface area contributed by atoms with Crippen molar-refractivity contribution in [3.05, 3.63) is 56.0 Å². The number of ether oxygens (including phenoxy) is 1. The van der Waals surface area contributed by atoms with Crippen molar-refractivity contribution in [1.29, 1.82) is 0 Å². The number of carboxylic acids is 1. The zero-order valence-corrected chi connectivity index (χ0v) is 16.0. The van der Waals surface area contributed by atoms with Gasteiger partial charge in [0.25, 0.3) is 0 Å². The first-order valence-corrected chi connectivity index (χ1v) is 8.69. The molecule has 0 radical (unpaired) electrons. The molecular weight excluding hydrogens is 426 g/mol. The van der Waals surface area contributed by atoms with Gasteiger partial charge in [-0.3, -0.25) is 0 Å². The normalized spacial score (nSPS) is 10.4. The topological polar surface area (TPSA) is 58.6 Å². The van der Waals surface area contributed by atoms with Crippen molar-refractivity contribution in [3.63, 3.8) is 0 Å². The summed E-state index contributed by atoms with van der Waals surface area (Å²) in [5.74, 6) is -0.150. The van der Waals surface area contributed by atoms with E-state index in [1.807, 2.05) is 26.0 Å². The SMILES string of the molecule is CCOc1c(Br)cc(Br)cc1CNc1cc(C(=O)O)ccc1C. The molecule has 4 nitrogen and oxygen atoms in total. The molecule has 0 atom stereocenters. The Morgan fingerprint density at radius 1 is 1.26 bits per heavy atom. The molecule has 2 aromatic carbocycles. The Morgan fingerprint density at radius 3 is 2.65 bits per heavy atom. The summed E-state index contributed by atoms with van der Waals surface area (Å²) < 4.78 is 7.52. The molecule has 0 fully saturated rings. The van der Waals surface area contributed by atoms with Gasteiger partial charge in [0.1, 0.15) is 5.75 Å². The van der Waals surface area contributed by atoms with E-state index in [0.717, 1.165) is 31.5 Å². The van der Waals surface area contributed by atoms with Gasteiger partial charge in [-0.2, -0.15) is 0 Å². The number of hydrogen-bond acceptors (Lipinski definition) is 3. The molecule has 0 aliphatic carbocycles. The molecule has 6 heteroatoms. The van der Waals surface area contributed by atoms with Crippen LogP contribution in [-0.4, -0.2) is 17.7 Å². The standard InChI is InChI=1S/C17H17Br2NO3/c1-3-23-16-12(6-13(18)8-14(16)19)9-20-15-7-11(17(21)22)5-4-10(15)2/h4-8,20H,3,9H2,1-2H3,(H,21,22). The molecule has 2 N–H and O–H groups in total. The maximum absolute atomic E-state index is 11.1. The Hall–Kier alpha value is -1.53. The lowest BCUT2D eigenvalue weighted by Gasteiger charge is -2.15. The van der Waals surface area contributed by atoms with Crippen LogP contribution < -0.4 is 10.1 Å². The summed E-state index contributed by atoms with van der Waals surface area (Å²) in [6.07, 6.45) is 0. The Labute approximate surface area is 152 Å². The third-order valence-corrected chi connectivity index (χ3v) is 4.37. The van der Waals surface area contributed by atoms with E-state index in [-0.39, 0.29) is 5.56 Å². The van der Waals surface area contributed by atoms with Gasteiger partial charge in [0.15, 0.2) is 0 Å². The molecule has 0 amide bonds. The minimum absolute atomic E-state index is 0.263. The van der Waals surface area contributed by atoms with Crippen molar-refractivity contribution in [2.24, 2.45) is 0 Å². The molecule has 0 saturated carbocycles. The first kappa shape index (κ1) is 17.8. The number of anilines is 1. The van der Waals surface area contributed by atoms with Crippen LogP contribution in [0.5, 0.6) is 5.75 Å². The first-order chi connectivity index (χ1) is 10.9. The number of aryl methyl sites for hydroxylation is 1. The van der Waals surface area contributed by atoms with Gasteiger partial charge in [0.2, 0.25) is 0 Å². The monoisotopic (exact) mass is 441 g/mol. The second-order valence-electron chi connectivity index (χ2n) is 5.00. The van der Waals surface area contributed by atoms with E-state index in [2.05, 4.69) is 37.2 Å². The van der Waals surface area contributed by atoms with E-state index >= 15 is 0 Å². The number of aromatic carboxylic acids is 1. The second kappa shape index (κ2) is 7.84. The highest BCUT2D eigenvalue weighted by Crippen LogP contribution is 2.33. The van der Waals surface area contributed by atoms with Crippen molar-refractivity contribution >= 4 is 43.5 Å². The summed E-state index contributed by atoms with van der Waals surface area (Å²) in [6.45, 7) is 4.97. The summed E-state index contributed by atoms with van der Waals surface area (Å²) in [6, 6.07) is 8.96. The van der Waals surface area contributed by atoms with Gasteiger partial charge >= 0.3 is 5.97 Å². The number of carboxylic acid groups (broad SMARTS) is 1. The van der Waals surface area contributed by atoms with Crippen molar-refractivity contribution in [3.8, 4) is 5.75 Å². The van der Waals surface area contributed by atoms with Crippen LogP contribution in [0.1, 0.15) is 28.4 Å². The number of hydrogen-bond donors (Lipinski definition) is 2. The Morgan fingerprint density at radius 2 is 2.00 bits per heavy atom. The largest absolute Gasteiger partial charge is 0.492 e. The van der Waals surface area contributed by atoms with Crippen LogP contribution in [0.15, 0.2) is 39.3 Å². The third kappa shape index (κ3) is 4.48. The van der Waals surface area contributed by atoms with Crippen LogP contribution in [0.2, 0.25) is 0 Å². The summed E-state index contributed by atoms with van der Waals surface area (Å²) in [5, 5.41) is 12.4. The van der Waals surface area contributed by atoms with E-state index in [4.69, 9.17) is 9.84 Å². The maximum atomic E-state index is 11.1. The average Bonchev–Trinajstić information content (AvgIpc) is 2.49. The van der Waals surface area contributed by atoms with Gasteiger partial charge < -0.3 is 15.2 Å². The predicted octanol–water partition coefficient (Wildman–Crippen LogP) is 5.23. The Bertz CT molecular complexity index is 732.